The molecule has 0 aliphatic heterocycles. The van der Waals surface area contributed by atoms with Crippen LogP contribution in [0.3, 0.4) is 0 Å². The van der Waals surface area contributed by atoms with Gasteiger partial charge in [-0.3, -0.25) is 0 Å². The number of guanidine groups is 1. The van der Waals surface area contributed by atoms with E-state index in [4.69, 9.17) is 0 Å². The number of hydrogen-bond donors (Lipinski definition) is 3. The first-order valence-electron chi connectivity index (χ1n) is 9.44. The quantitative estimate of drug-likeness (QED) is 0.185. The van der Waals surface area contributed by atoms with E-state index in [1.54, 1.807) is 0 Å². The summed E-state index contributed by atoms with van der Waals surface area (Å²) in [5, 5.41) is 6.71. The van der Waals surface area contributed by atoms with Crippen LogP contribution in [0.15, 0.2) is 29.3 Å². The summed E-state index contributed by atoms with van der Waals surface area (Å²) in [5.41, 5.74) is 1.75. The Hall–Kier alpha value is -0.870. The third-order valence-electron chi connectivity index (χ3n) is 4.05. The highest BCUT2D eigenvalue weighted by molar-refractivity contribution is 14.0. The molecule has 0 fully saturated rings. The van der Waals surface area contributed by atoms with Crippen LogP contribution in [0.4, 0.5) is 0 Å². The zero-order valence-electron chi connectivity index (χ0n) is 16.9. The second kappa shape index (κ2) is 14.2. The van der Waals surface area contributed by atoms with Gasteiger partial charge in [0.1, 0.15) is 0 Å². The fourth-order valence-electron chi connectivity index (χ4n) is 2.61. The molecule has 0 spiro atoms. The Bertz CT molecular complexity index is 665. The van der Waals surface area contributed by atoms with E-state index in [0.717, 1.165) is 30.1 Å². The number of unbranched alkanes of at least 4 members (excludes halogenated alkanes) is 2. The molecule has 0 saturated heterocycles. The molecule has 1 aromatic rings. The molecule has 0 saturated carbocycles. The number of nitrogens with zero attached hydrogens (tertiary/aromatic N) is 1. The van der Waals surface area contributed by atoms with Crippen molar-refractivity contribution in [2.24, 2.45) is 4.99 Å². The van der Waals surface area contributed by atoms with Gasteiger partial charge in [-0.15, -0.1) is 24.0 Å². The summed E-state index contributed by atoms with van der Waals surface area (Å²) in [6.45, 7) is 7.73. The van der Waals surface area contributed by atoms with E-state index >= 15 is 0 Å². The van der Waals surface area contributed by atoms with Crippen LogP contribution in [0.25, 0.3) is 0 Å². The molecule has 3 N–H and O–H groups in total. The van der Waals surface area contributed by atoms with Gasteiger partial charge in [0.25, 0.3) is 0 Å². The van der Waals surface area contributed by atoms with Gasteiger partial charge in [0.15, 0.2) is 5.96 Å². The SMILES string of the molecule is CCCCCC(C)NC(=NCc1cccc(CS(=O)(=O)NC)c1)NCC.I. The highest BCUT2D eigenvalue weighted by atomic mass is 127. The molecule has 1 aromatic carbocycles. The van der Waals surface area contributed by atoms with Gasteiger partial charge in [0.2, 0.25) is 10.0 Å². The molecule has 1 unspecified atom stereocenters. The lowest BCUT2D eigenvalue weighted by atomic mass is 10.1. The molecule has 156 valence electrons. The minimum Gasteiger partial charge on any atom is -0.357 e. The Morgan fingerprint density at radius 1 is 1.19 bits per heavy atom. The number of hydrogen-bond acceptors (Lipinski definition) is 3. The van der Waals surface area contributed by atoms with Crippen LogP contribution in [-0.2, 0) is 22.3 Å². The van der Waals surface area contributed by atoms with Crippen molar-refractivity contribution in [1.82, 2.24) is 15.4 Å². The zero-order chi connectivity index (χ0) is 19.4. The van der Waals surface area contributed by atoms with Crippen molar-refractivity contribution >= 4 is 40.0 Å². The van der Waals surface area contributed by atoms with Crippen molar-refractivity contribution in [1.29, 1.82) is 0 Å². The molecule has 0 aliphatic carbocycles. The largest absolute Gasteiger partial charge is 0.357 e. The molecule has 8 heteroatoms. The third-order valence-corrected chi connectivity index (χ3v) is 5.38. The van der Waals surface area contributed by atoms with E-state index < -0.39 is 10.0 Å². The third kappa shape index (κ3) is 11.5. The predicted molar refractivity (Wildman–Crippen MR) is 125 cm³/mol. The lowest BCUT2D eigenvalue weighted by Crippen LogP contribution is -2.42. The van der Waals surface area contributed by atoms with Crippen LogP contribution in [0, 0.1) is 0 Å². The molecule has 1 rings (SSSR count). The summed E-state index contributed by atoms with van der Waals surface area (Å²) in [4.78, 5) is 4.64. The van der Waals surface area contributed by atoms with Gasteiger partial charge in [-0.05, 0) is 38.4 Å². The average molecular weight is 510 g/mol. The molecule has 27 heavy (non-hydrogen) atoms. The summed E-state index contributed by atoms with van der Waals surface area (Å²) in [6, 6.07) is 7.92. The molecule has 0 amide bonds. The van der Waals surface area contributed by atoms with Gasteiger partial charge in [-0.25, -0.2) is 18.1 Å². The summed E-state index contributed by atoms with van der Waals surface area (Å²) in [6.07, 6.45) is 4.81. The normalized spacial score (nSPS) is 13.0. The standard InChI is InChI=1S/C19H34N4O2S.HI/c1-5-7-8-10-16(3)23-19(21-6-2)22-14-17-11-9-12-18(13-17)15-26(24,25)20-4;/h9,11-13,16,20H,5-8,10,14-15H2,1-4H3,(H2,21,22,23);1H. The van der Waals surface area contributed by atoms with Gasteiger partial charge >= 0.3 is 0 Å². The van der Waals surface area contributed by atoms with Crippen LogP contribution in [-0.4, -0.2) is 34.0 Å². The summed E-state index contributed by atoms with van der Waals surface area (Å²) in [7, 11) is -1.84. The van der Waals surface area contributed by atoms with Crippen molar-refractivity contribution in [2.45, 2.75) is 64.8 Å². The Kier molecular flexibility index (Phi) is 13.7. The molecule has 1 atom stereocenters. The minimum absolute atomic E-state index is 0. The fourth-order valence-corrected chi connectivity index (χ4v) is 3.37. The molecule has 0 aliphatic rings. The number of nitrogens with one attached hydrogen (secondary N) is 3. The second-order valence-electron chi connectivity index (χ2n) is 6.52. The Morgan fingerprint density at radius 2 is 1.89 bits per heavy atom. The van der Waals surface area contributed by atoms with E-state index in [1.165, 1.54) is 26.3 Å². The van der Waals surface area contributed by atoms with Crippen LogP contribution in [0.5, 0.6) is 0 Å². The maximum Gasteiger partial charge on any atom is 0.215 e. The maximum atomic E-state index is 11.7. The van der Waals surface area contributed by atoms with Crippen molar-refractivity contribution in [3.63, 3.8) is 0 Å². The van der Waals surface area contributed by atoms with E-state index in [2.05, 4.69) is 34.2 Å². The first-order chi connectivity index (χ1) is 12.4. The van der Waals surface area contributed by atoms with Crippen molar-refractivity contribution in [2.75, 3.05) is 13.6 Å². The number of benzene rings is 1. The smallest absolute Gasteiger partial charge is 0.215 e. The number of halogens is 1. The summed E-state index contributed by atoms with van der Waals surface area (Å²) < 4.78 is 25.7. The average Bonchev–Trinajstić information content (AvgIpc) is 2.60. The molecule has 0 radical (unpaired) electrons. The van der Waals surface area contributed by atoms with Crippen LogP contribution in [0.1, 0.15) is 57.6 Å². The Labute approximate surface area is 182 Å². The zero-order valence-corrected chi connectivity index (χ0v) is 20.1. The first-order valence-corrected chi connectivity index (χ1v) is 11.1. The van der Waals surface area contributed by atoms with E-state index in [0.29, 0.717) is 12.6 Å². The molecular formula is C19H35IN4O2S. The monoisotopic (exact) mass is 510 g/mol. The van der Waals surface area contributed by atoms with Crippen LogP contribution >= 0.6 is 24.0 Å². The first kappa shape index (κ1) is 26.1. The minimum atomic E-state index is -3.27. The summed E-state index contributed by atoms with van der Waals surface area (Å²) >= 11 is 0. The van der Waals surface area contributed by atoms with E-state index in [9.17, 15) is 8.42 Å². The molecule has 0 aromatic heterocycles. The maximum absolute atomic E-state index is 11.7. The van der Waals surface area contributed by atoms with E-state index in [1.807, 2.05) is 31.2 Å². The van der Waals surface area contributed by atoms with Gasteiger partial charge < -0.3 is 10.6 Å². The van der Waals surface area contributed by atoms with Gasteiger partial charge in [-0.1, -0.05) is 50.5 Å². The Balaban J connectivity index is 0.00000676. The predicted octanol–water partition coefficient (Wildman–Crippen LogP) is 3.38. The van der Waals surface area contributed by atoms with Gasteiger partial charge in [-0.2, -0.15) is 0 Å². The second-order valence-corrected chi connectivity index (χ2v) is 8.45. The number of rotatable bonds is 11. The topological polar surface area (TPSA) is 82.6 Å². The lowest BCUT2D eigenvalue weighted by molar-refractivity contribution is 0.547. The highest BCUT2D eigenvalue weighted by Gasteiger charge is 2.09. The Morgan fingerprint density at radius 3 is 2.52 bits per heavy atom. The number of aliphatic imine (C=N–C) groups is 1. The molecule has 0 heterocycles. The van der Waals surface area contributed by atoms with E-state index in [-0.39, 0.29) is 29.7 Å². The lowest BCUT2D eigenvalue weighted by Gasteiger charge is -2.17. The molecule has 0 bridgehead atoms. The van der Waals surface area contributed by atoms with Crippen LogP contribution < -0.4 is 15.4 Å². The van der Waals surface area contributed by atoms with Gasteiger partial charge in [0, 0.05) is 12.6 Å². The van der Waals surface area contributed by atoms with Crippen molar-refractivity contribution < 1.29 is 8.42 Å². The van der Waals surface area contributed by atoms with Crippen LogP contribution in [0.2, 0.25) is 0 Å². The highest BCUT2D eigenvalue weighted by Crippen LogP contribution is 2.10. The number of sulfonamides is 1. The summed E-state index contributed by atoms with van der Waals surface area (Å²) in [5.74, 6) is 0.776. The van der Waals surface area contributed by atoms with Gasteiger partial charge in [0.05, 0.1) is 12.3 Å². The molecule has 6 nitrogen and oxygen atoms in total. The fraction of sp³-hybridized carbons (Fsp3) is 0.632. The molecular weight excluding hydrogens is 475 g/mol. The van der Waals surface area contributed by atoms with Crippen molar-refractivity contribution in [3.8, 4) is 0 Å². The van der Waals surface area contributed by atoms with Crippen molar-refractivity contribution in [3.05, 3.63) is 35.4 Å².